The molecule has 1 aliphatic carbocycles. The third-order valence-corrected chi connectivity index (χ3v) is 7.03. The molecule has 5 rings (SSSR count). The lowest BCUT2D eigenvalue weighted by atomic mass is 9.81. The molecule has 2 amide bonds. The van der Waals surface area contributed by atoms with Crippen molar-refractivity contribution in [2.75, 3.05) is 18.0 Å². The SMILES string of the molecule is Cc1cc(F)cc(N(C(=O)OC(C)(C)C)c2cc(O[C@H]3CCCN(C(=O)O)C3)nc3c(C4CCC4)cnn23)c1. The van der Waals surface area contributed by atoms with Gasteiger partial charge in [0, 0.05) is 18.2 Å². The van der Waals surface area contributed by atoms with Gasteiger partial charge >= 0.3 is 12.2 Å². The minimum absolute atomic E-state index is 0.213. The highest BCUT2D eigenvalue weighted by Gasteiger charge is 2.32. The predicted octanol–water partition coefficient (Wildman–Crippen LogP) is 6.04. The maximum atomic E-state index is 14.6. The van der Waals surface area contributed by atoms with Gasteiger partial charge in [0.15, 0.2) is 11.5 Å². The van der Waals surface area contributed by atoms with Crippen LogP contribution in [-0.2, 0) is 4.74 Å². The number of nitrogens with zero attached hydrogens (tertiary/aromatic N) is 5. The Labute approximate surface area is 226 Å². The molecule has 39 heavy (non-hydrogen) atoms. The molecular formula is C28H34FN5O5. The van der Waals surface area contributed by atoms with Crippen molar-refractivity contribution in [1.82, 2.24) is 19.5 Å². The summed E-state index contributed by atoms with van der Waals surface area (Å²) in [5.41, 5.74) is 1.58. The van der Waals surface area contributed by atoms with Crippen molar-refractivity contribution in [1.29, 1.82) is 0 Å². The molecule has 1 saturated heterocycles. The maximum Gasteiger partial charge on any atom is 0.420 e. The number of anilines is 2. The Hall–Kier alpha value is -3.89. The van der Waals surface area contributed by atoms with Crippen molar-refractivity contribution >= 4 is 29.3 Å². The molecule has 0 unspecified atom stereocenters. The summed E-state index contributed by atoms with van der Waals surface area (Å²) in [5.74, 6) is 0.316. The highest BCUT2D eigenvalue weighted by atomic mass is 19.1. The van der Waals surface area contributed by atoms with Crippen LogP contribution in [0.3, 0.4) is 0 Å². The Morgan fingerprint density at radius 1 is 1.13 bits per heavy atom. The lowest BCUT2D eigenvalue weighted by Crippen LogP contribution is -2.43. The first-order valence-corrected chi connectivity index (χ1v) is 13.3. The molecule has 2 aliphatic rings. The van der Waals surface area contributed by atoms with E-state index in [1.165, 1.54) is 21.9 Å². The predicted molar refractivity (Wildman–Crippen MR) is 142 cm³/mol. The molecule has 10 nitrogen and oxygen atoms in total. The van der Waals surface area contributed by atoms with Gasteiger partial charge in [0.1, 0.15) is 17.5 Å². The van der Waals surface area contributed by atoms with Gasteiger partial charge < -0.3 is 19.5 Å². The number of benzene rings is 1. The first-order chi connectivity index (χ1) is 18.5. The largest absolute Gasteiger partial charge is 0.472 e. The normalized spacial score (nSPS) is 18.1. The summed E-state index contributed by atoms with van der Waals surface area (Å²) in [6, 6.07) is 5.93. The van der Waals surface area contributed by atoms with Crippen LogP contribution in [0.2, 0.25) is 0 Å². The second-order valence-electron chi connectivity index (χ2n) is 11.3. The average molecular weight is 540 g/mol. The lowest BCUT2D eigenvalue weighted by molar-refractivity contribution is 0.0596. The number of likely N-dealkylation sites (tertiary alicyclic amines) is 1. The minimum atomic E-state index is -0.993. The molecule has 2 fully saturated rings. The van der Waals surface area contributed by atoms with Crippen molar-refractivity contribution in [2.45, 2.75) is 77.4 Å². The Bertz CT molecular complexity index is 1380. The van der Waals surface area contributed by atoms with E-state index in [4.69, 9.17) is 14.5 Å². The van der Waals surface area contributed by atoms with Gasteiger partial charge in [0.25, 0.3) is 0 Å². The van der Waals surface area contributed by atoms with Crippen LogP contribution in [0.1, 0.15) is 69.9 Å². The van der Waals surface area contributed by atoms with E-state index in [0.717, 1.165) is 24.8 Å². The van der Waals surface area contributed by atoms with Gasteiger partial charge in [-0.3, -0.25) is 0 Å². The number of piperidine rings is 1. The molecule has 1 N–H and O–H groups in total. The van der Waals surface area contributed by atoms with Crippen LogP contribution < -0.4 is 9.64 Å². The molecule has 1 aliphatic heterocycles. The van der Waals surface area contributed by atoms with Crippen LogP contribution in [0.5, 0.6) is 5.88 Å². The molecule has 1 atom stereocenters. The standard InChI is InChI=1S/C28H34FN5O5/c1-17-11-19(29)13-20(12-17)33(27(37)39-28(2,3)4)24-14-23(38-21-9-6-10-32(16-21)26(35)36)31-25-22(15-30-34(24)25)18-7-5-8-18/h11-15,18,21H,5-10,16H2,1-4H3,(H,35,36)/t21-/m0/s1. The lowest BCUT2D eigenvalue weighted by Gasteiger charge is -2.31. The molecule has 3 heterocycles. The molecule has 0 spiro atoms. The highest BCUT2D eigenvalue weighted by molar-refractivity contribution is 5.96. The Balaban J connectivity index is 1.64. The second kappa shape index (κ2) is 10.3. The number of ether oxygens (including phenoxy) is 2. The van der Waals surface area contributed by atoms with Gasteiger partial charge in [-0.25, -0.2) is 18.9 Å². The van der Waals surface area contributed by atoms with E-state index in [1.54, 1.807) is 50.5 Å². The third-order valence-electron chi connectivity index (χ3n) is 7.03. The van der Waals surface area contributed by atoms with Crippen LogP contribution in [-0.4, -0.2) is 61.6 Å². The summed E-state index contributed by atoms with van der Waals surface area (Å²) >= 11 is 0. The zero-order chi connectivity index (χ0) is 27.9. The van der Waals surface area contributed by atoms with E-state index < -0.39 is 29.7 Å². The average Bonchev–Trinajstić information content (AvgIpc) is 3.20. The number of carboxylic acid groups (broad SMARTS) is 1. The third kappa shape index (κ3) is 5.76. The Morgan fingerprint density at radius 2 is 1.90 bits per heavy atom. The minimum Gasteiger partial charge on any atom is -0.472 e. The number of carbonyl (C=O) groups excluding carboxylic acids is 1. The van der Waals surface area contributed by atoms with E-state index >= 15 is 0 Å². The topological polar surface area (TPSA) is 110 Å². The number of hydrogen-bond donors (Lipinski definition) is 1. The fraction of sp³-hybridized carbons (Fsp3) is 0.500. The van der Waals surface area contributed by atoms with Gasteiger partial charge in [-0.1, -0.05) is 6.42 Å². The number of carbonyl (C=O) groups is 2. The van der Waals surface area contributed by atoms with Gasteiger partial charge in [0.2, 0.25) is 5.88 Å². The van der Waals surface area contributed by atoms with E-state index in [1.807, 2.05) is 0 Å². The van der Waals surface area contributed by atoms with E-state index in [-0.39, 0.29) is 23.9 Å². The van der Waals surface area contributed by atoms with Crippen LogP contribution in [0.15, 0.2) is 30.5 Å². The summed E-state index contributed by atoms with van der Waals surface area (Å²) in [5, 5.41) is 14.0. The van der Waals surface area contributed by atoms with Gasteiger partial charge in [-0.2, -0.15) is 14.6 Å². The zero-order valence-electron chi connectivity index (χ0n) is 22.7. The number of aromatic nitrogens is 3. The van der Waals surface area contributed by atoms with Crippen LogP contribution in [0, 0.1) is 12.7 Å². The smallest absolute Gasteiger partial charge is 0.420 e. The summed E-state index contributed by atoms with van der Waals surface area (Å²) in [6.07, 6.45) is 4.13. The van der Waals surface area contributed by atoms with Crippen molar-refractivity contribution in [3.8, 4) is 5.88 Å². The number of halogens is 1. The molecule has 208 valence electrons. The van der Waals surface area contributed by atoms with Crippen LogP contribution >= 0.6 is 0 Å². The van der Waals surface area contributed by atoms with E-state index in [0.29, 0.717) is 36.5 Å². The quantitative estimate of drug-likeness (QED) is 0.421. The Morgan fingerprint density at radius 3 is 2.54 bits per heavy atom. The van der Waals surface area contributed by atoms with Crippen molar-refractivity contribution in [3.05, 3.63) is 47.4 Å². The van der Waals surface area contributed by atoms with E-state index in [9.17, 15) is 19.1 Å². The van der Waals surface area contributed by atoms with Crippen molar-refractivity contribution < 1.29 is 28.6 Å². The first kappa shape index (κ1) is 26.7. The molecule has 11 heteroatoms. The summed E-state index contributed by atoms with van der Waals surface area (Å²) in [6.45, 7) is 7.69. The highest BCUT2D eigenvalue weighted by Crippen LogP contribution is 2.40. The number of aryl methyl sites for hydroxylation is 1. The fourth-order valence-corrected chi connectivity index (χ4v) is 5.03. The van der Waals surface area contributed by atoms with E-state index in [2.05, 4.69) is 5.10 Å². The zero-order valence-corrected chi connectivity index (χ0v) is 22.7. The van der Waals surface area contributed by atoms with Gasteiger partial charge in [-0.15, -0.1) is 0 Å². The molecule has 3 aromatic rings. The molecule has 2 aromatic heterocycles. The first-order valence-electron chi connectivity index (χ1n) is 13.3. The monoisotopic (exact) mass is 539 g/mol. The summed E-state index contributed by atoms with van der Waals surface area (Å²) in [7, 11) is 0. The molecule has 1 aromatic carbocycles. The summed E-state index contributed by atoms with van der Waals surface area (Å²) in [4.78, 5) is 32.6. The molecule has 0 radical (unpaired) electrons. The number of rotatable bonds is 5. The molecule has 1 saturated carbocycles. The van der Waals surface area contributed by atoms with Crippen molar-refractivity contribution in [2.24, 2.45) is 0 Å². The fourth-order valence-electron chi connectivity index (χ4n) is 5.03. The number of fused-ring (bicyclic) bond motifs is 1. The van der Waals surface area contributed by atoms with Gasteiger partial charge in [0.05, 0.1) is 18.4 Å². The van der Waals surface area contributed by atoms with Gasteiger partial charge in [-0.05, 0) is 83.1 Å². The number of amides is 2. The molecule has 0 bridgehead atoms. The summed E-state index contributed by atoms with van der Waals surface area (Å²) < 4.78 is 28.1. The Kier molecular flexibility index (Phi) is 7.09. The number of hydrogen-bond acceptors (Lipinski definition) is 6. The molecular weight excluding hydrogens is 505 g/mol. The van der Waals surface area contributed by atoms with Crippen LogP contribution in [0.4, 0.5) is 25.5 Å². The van der Waals surface area contributed by atoms with Crippen molar-refractivity contribution in [3.63, 3.8) is 0 Å². The maximum absolute atomic E-state index is 14.6. The second-order valence-corrected chi connectivity index (χ2v) is 11.3. The van der Waals surface area contributed by atoms with Crippen LogP contribution in [0.25, 0.3) is 5.65 Å².